The lowest BCUT2D eigenvalue weighted by Gasteiger charge is -2.22. The van der Waals surface area contributed by atoms with E-state index in [1.807, 2.05) is 0 Å². The topological polar surface area (TPSA) is 123 Å². The Bertz CT molecular complexity index is 1510. The zero-order chi connectivity index (χ0) is 28.0. The Kier molecular flexibility index (Phi) is 9.19. The SMILES string of the molecule is COc1c(CO)cc(Cl)cc1S(=O)(=O)Nc1ccc(F)c(C#Cc2cnc(NCC3CCCCO3)nc2)c1F. The van der Waals surface area contributed by atoms with E-state index in [-0.39, 0.29) is 22.4 Å². The summed E-state index contributed by atoms with van der Waals surface area (Å²) >= 11 is 5.99. The molecular weight excluding hydrogens is 554 g/mol. The van der Waals surface area contributed by atoms with Crippen molar-refractivity contribution < 1.29 is 31.8 Å². The minimum absolute atomic E-state index is 0.0112. The molecule has 1 fully saturated rings. The molecule has 0 radical (unpaired) electrons. The van der Waals surface area contributed by atoms with Crippen LogP contribution in [0.1, 0.15) is 36.0 Å². The summed E-state index contributed by atoms with van der Waals surface area (Å²) in [6.45, 7) is 0.746. The molecule has 3 aromatic rings. The fourth-order valence-electron chi connectivity index (χ4n) is 3.91. The fourth-order valence-corrected chi connectivity index (χ4v) is 5.51. The van der Waals surface area contributed by atoms with Crippen LogP contribution in [-0.4, -0.2) is 49.9 Å². The second-order valence-electron chi connectivity index (χ2n) is 8.56. The van der Waals surface area contributed by atoms with Crippen LogP contribution >= 0.6 is 11.6 Å². The number of nitrogens with zero attached hydrogens (tertiary/aromatic N) is 2. The molecule has 206 valence electrons. The summed E-state index contributed by atoms with van der Waals surface area (Å²) in [5.41, 5.74) is -0.795. The van der Waals surface area contributed by atoms with Crippen molar-refractivity contribution in [3.8, 4) is 17.6 Å². The second-order valence-corrected chi connectivity index (χ2v) is 10.6. The van der Waals surface area contributed by atoms with Crippen LogP contribution in [0.5, 0.6) is 5.75 Å². The number of ether oxygens (including phenoxy) is 2. The van der Waals surface area contributed by atoms with Crippen LogP contribution in [0, 0.1) is 23.5 Å². The number of nitrogens with one attached hydrogen (secondary N) is 2. The van der Waals surface area contributed by atoms with Gasteiger partial charge in [-0.1, -0.05) is 23.4 Å². The maximum atomic E-state index is 15.2. The molecule has 39 heavy (non-hydrogen) atoms. The molecule has 2 aromatic carbocycles. The van der Waals surface area contributed by atoms with E-state index in [2.05, 4.69) is 31.8 Å². The van der Waals surface area contributed by atoms with Crippen LogP contribution in [0.4, 0.5) is 20.4 Å². The van der Waals surface area contributed by atoms with Crippen molar-refractivity contribution in [2.75, 3.05) is 30.3 Å². The van der Waals surface area contributed by atoms with Gasteiger partial charge >= 0.3 is 0 Å². The number of aliphatic hydroxyl groups is 1. The molecule has 0 spiro atoms. The Labute approximate surface area is 229 Å². The van der Waals surface area contributed by atoms with E-state index >= 15 is 4.39 Å². The molecule has 0 aliphatic carbocycles. The first kappa shape index (κ1) is 28.5. The molecule has 1 aliphatic heterocycles. The van der Waals surface area contributed by atoms with Gasteiger partial charge in [0, 0.05) is 36.1 Å². The lowest BCUT2D eigenvalue weighted by Crippen LogP contribution is -2.27. The predicted octanol–water partition coefficient (Wildman–Crippen LogP) is 4.09. The van der Waals surface area contributed by atoms with Gasteiger partial charge in [-0.2, -0.15) is 0 Å². The third-order valence-electron chi connectivity index (χ3n) is 5.84. The lowest BCUT2D eigenvalue weighted by molar-refractivity contribution is 0.0246. The van der Waals surface area contributed by atoms with Gasteiger partial charge in [0.2, 0.25) is 5.95 Å². The van der Waals surface area contributed by atoms with Crippen molar-refractivity contribution >= 4 is 33.3 Å². The number of sulfonamides is 1. The minimum atomic E-state index is -4.47. The molecule has 2 heterocycles. The number of anilines is 2. The fraction of sp³-hybridized carbons (Fsp3) is 0.308. The summed E-state index contributed by atoms with van der Waals surface area (Å²) in [6.07, 6.45) is 6.01. The Morgan fingerprint density at radius 2 is 1.97 bits per heavy atom. The molecule has 13 heteroatoms. The van der Waals surface area contributed by atoms with Gasteiger partial charge in [0.1, 0.15) is 16.5 Å². The van der Waals surface area contributed by atoms with E-state index in [0.29, 0.717) is 18.1 Å². The standard InChI is InChI=1S/C26H25ClF2N4O5S/c1-37-25-17(15-34)10-18(27)11-23(25)39(35,36)33-22-8-7-21(28)20(24(22)29)6-5-16-12-30-26(31-13-16)32-14-19-4-2-3-9-38-19/h7-8,10-13,19,33-34H,2-4,9,14-15H2,1H3,(H,30,31,32). The van der Waals surface area contributed by atoms with Gasteiger partial charge < -0.3 is 19.9 Å². The van der Waals surface area contributed by atoms with Gasteiger partial charge in [0.15, 0.2) is 5.82 Å². The smallest absolute Gasteiger partial charge is 0.265 e. The minimum Gasteiger partial charge on any atom is -0.495 e. The third-order valence-corrected chi connectivity index (χ3v) is 7.43. The van der Waals surface area contributed by atoms with E-state index < -0.39 is 44.4 Å². The van der Waals surface area contributed by atoms with Crippen molar-refractivity contribution in [3.63, 3.8) is 0 Å². The highest BCUT2D eigenvalue weighted by Gasteiger charge is 2.25. The van der Waals surface area contributed by atoms with E-state index in [4.69, 9.17) is 21.1 Å². The summed E-state index contributed by atoms with van der Waals surface area (Å²) in [7, 11) is -3.25. The quantitative estimate of drug-likeness (QED) is 0.342. The number of benzene rings is 2. The molecule has 4 rings (SSSR count). The van der Waals surface area contributed by atoms with Crippen LogP contribution < -0.4 is 14.8 Å². The largest absolute Gasteiger partial charge is 0.495 e. The number of hydrogen-bond donors (Lipinski definition) is 3. The number of halogens is 3. The van der Waals surface area contributed by atoms with Gasteiger partial charge in [-0.15, -0.1) is 0 Å². The number of aliphatic hydroxyl groups excluding tert-OH is 1. The van der Waals surface area contributed by atoms with Crippen molar-refractivity contribution in [1.82, 2.24) is 9.97 Å². The molecule has 3 N–H and O–H groups in total. The average molecular weight is 579 g/mol. The van der Waals surface area contributed by atoms with Crippen LogP contribution in [-0.2, 0) is 21.4 Å². The average Bonchev–Trinajstić information content (AvgIpc) is 2.94. The highest BCUT2D eigenvalue weighted by atomic mass is 35.5. The Morgan fingerprint density at radius 1 is 1.21 bits per heavy atom. The van der Waals surface area contributed by atoms with Crippen LogP contribution in [0.2, 0.25) is 5.02 Å². The first-order chi connectivity index (χ1) is 18.7. The maximum Gasteiger partial charge on any atom is 0.265 e. The number of methoxy groups -OCH3 is 1. The molecule has 1 aromatic heterocycles. The van der Waals surface area contributed by atoms with Gasteiger partial charge in [-0.25, -0.2) is 27.2 Å². The highest BCUT2D eigenvalue weighted by molar-refractivity contribution is 7.92. The Morgan fingerprint density at radius 3 is 2.64 bits per heavy atom. The molecule has 1 atom stereocenters. The van der Waals surface area contributed by atoms with Crippen molar-refractivity contribution in [3.05, 3.63) is 70.0 Å². The number of hydrogen-bond acceptors (Lipinski definition) is 8. The van der Waals surface area contributed by atoms with Gasteiger partial charge in [0.05, 0.1) is 36.6 Å². The Balaban J connectivity index is 1.54. The molecule has 0 saturated carbocycles. The summed E-state index contributed by atoms with van der Waals surface area (Å²) in [6, 6.07) is 4.24. The zero-order valence-corrected chi connectivity index (χ0v) is 22.4. The van der Waals surface area contributed by atoms with E-state index in [1.54, 1.807) is 0 Å². The van der Waals surface area contributed by atoms with E-state index in [9.17, 15) is 17.9 Å². The molecule has 1 saturated heterocycles. The summed E-state index contributed by atoms with van der Waals surface area (Å²) in [4.78, 5) is 7.88. The molecular formula is C26H25ClF2N4O5S. The Hall–Kier alpha value is -3.50. The summed E-state index contributed by atoms with van der Waals surface area (Å²) in [5.74, 6) is 2.96. The van der Waals surface area contributed by atoms with Gasteiger partial charge in [0.25, 0.3) is 10.0 Å². The van der Waals surface area contributed by atoms with E-state index in [1.165, 1.54) is 25.6 Å². The molecule has 1 aliphatic rings. The van der Waals surface area contributed by atoms with E-state index in [0.717, 1.165) is 44.1 Å². The summed E-state index contributed by atoms with van der Waals surface area (Å²) in [5, 5.41) is 12.6. The van der Waals surface area contributed by atoms with Crippen molar-refractivity contribution in [1.29, 1.82) is 0 Å². The molecule has 0 bridgehead atoms. The zero-order valence-electron chi connectivity index (χ0n) is 20.8. The first-order valence-electron chi connectivity index (χ1n) is 11.9. The number of aromatic nitrogens is 2. The van der Waals surface area contributed by atoms with Crippen LogP contribution in [0.25, 0.3) is 0 Å². The summed E-state index contributed by atoms with van der Waals surface area (Å²) < 4.78 is 68.6. The van der Waals surface area contributed by atoms with Crippen LogP contribution in [0.15, 0.2) is 41.6 Å². The van der Waals surface area contributed by atoms with Gasteiger partial charge in [-0.3, -0.25) is 4.72 Å². The lowest BCUT2D eigenvalue weighted by atomic mass is 10.1. The second kappa shape index (κ2) is 12.6. The molecule has 9 nitrogen and oxygen atoms in total. The molecule has 0 amide bonds. The normalized spacial score (nSPS) is 15.3. The van der Waals surface area contributed by atoms with Crippen molar-refractivity contribution in [2.24, 2.45) is 0 Å². The highest BCUT2D eigenvalue weighted by Crippen LogP contribution is 2.34. The monoisotopic (exact) mass is 578 g/mol. The van der Waals surface area contributed by atoms with Gasteiger partial charge in [-0.05, 0) is 43.5 Å². The maximum absolute atomic E-state index is 15.2. The third kappa shape index (κ3) is 6.93. The first-order valence-corrected chi connectivity index (χ1v) is 13.8. The van der Waals surface area contributed by atoms with Crippen LogP contribution in [0.3, 0.4) is 0 Å². The molecule has 1 unspecified atom stereocenters. The number of rotatable bonds is 8. The van der Waals surface area contributed by atoms with Crippen molar-refractivity contribution in [2.45, 2.75) is 36.9 Å². The predicted molar refractivity (Wildman–Crippen MR) is 141 cm³/mol.